The monoisotopic (exact) mass is 257 g/mol. The Balaban J connectivity index is 3.19. The van der Waals surface area contributed by atoms with Crippen LogP contribution in [0.5, 0.6) is 0 Å². The highest BCUT2D eigenvalue weighted by atomic mass is 35.5. The van der Waals surface area contributed by atoms with Crippen LogP contribution in [-0.4, -0.2) is 30.0 Å². The molecule has 1 aromatic carbocycles. The molecule has 0 radical (unpaired) electrons. The van der Waals surface area contributed by atoms with E-state index >= 15 is 0 Å². The number of hydrogen-bond donors (Lipinski definition) is 1. The molecule has 0 heterocycles. The molecule has 0 saturated carbocycles. The number of halogens is 1. The summed E-state index contributed by atoms with van der Waals surface area (Å²) in [5.74, 6) is 0. The van der Waals surface area contributed by atoms with E-state index in [9.17, 15) is 10.1 Å². The Morgan fingerprint density at radius 3 is 2.53 bits per heavy atom. The van der Waals surface area contributed by atoms with Gasteiger partial charge in [-0.05, 0) is 33.2 Å². The predicted octanol–water partition coefficient (Wildman–Crippen LogP) is 2.20. The molecule has 0 bridgehead atoms. The SMILES string of the molecule is CC(C(N)c1cc(Cl)ccc1[N+](=O)[O-])N(C)C. The number of nitrogens with zero attached hydrogens (tertiary/aromatic N) is 2. The highest BCUT2D eigenvalue weighted by Crippen LogP contribution is 2.29. The molecule has 0 aliphatic rings. The average Bonchev–Trinajstić information content (AvgIpc) is 2.26. The summed E-state index contributed by atoms with van der Waals surface area (Å²) in [6, 6.07) is 3.97. The summed E-state index contributed by atoms with van der Waals surface area (Å²) in [5.41, 5.74) is 6.51. The van der Waals surface area contributed by atoms with Crippen LogP contribution in [0, 0.1) is 10.1 Å². The molecule has 0 saturated heterocycles. The molecule has 0 amide bonds. The first-order chi connectivity index (χ1) is 7.84. The lowest BCUT2D eigenvalue weighted by atomic mass is 9.99. The van der Waals surface area contributed by atoms with Crippen molar-refractivity contribution in [1.82, 2.24) is 4.90 Å². The normalized spacial score (nSPS) is 14.7. The minimum Gasteiger partial charge on any atom is -0.322 e. The Hall–Kier alpha value is -1.17. The van der Waals surface area contributed by atoms with E-state index in [1.165, 1.54) is 12.1 Å². The fourth-order valence-electron chi connectivity index (χ4n) is 1.54. The summed E-state index contributed by atoms with van der Waals surface area (Å²) in [7, 11) is 3.75. The van der Waals surface area contributed by atoms with Gasteiger partial charge in [-0.2, -0.15) is 0 Å². The fourth-order valence-corrected chi connectivity index (χ4v) is 1.72. The van der Waals surface area contributed by atoms with E-state index in [2.05, 4.69) is 0 Å². The van der Waals surface area contributed by atoms with Gasteiger partial charge < -0.3 is 10.6 Å². The lowest BCUT2D eigenvalue weighted by Crippen LogP contribution is -2.36. The predicted molar refractivity (Wildman–Crippen MR) is 68.2 cm³/mol. The van der Waals surface area contributed by atoms with Crippen molar-refractivity contribution in [1.29, 1.82) is 0 Å². The summed E-state index contributed by atoms with van der Waals surface area (Å²) < 4.78 is 0. The molecule has 1 aromatic rings. The number of benzene rings is 1. The topological polar surface area (TPSA) is 72.4 Å². The molecule has 0 aliphatic heterocycles. The van der Waals surface area contributed by atoms with E-state index < -0.39 is 11.0 Å². The third-order valence-corrected chi connectivity index (χ3v) is 3.11. The Bertz CT molecular complexity index is 423. The van der Waals surface area contributed by atoms with Gasteiger partial charge in [0.05, 0.1) is 11.0 Å². The van der Waals surface area contributed by atoms with Gasteiger partial charge in [-0.1, -0.05) is 11.6 Å². The zero-order valence-electron chi connectivity index (χ0n) is 10.1. The van der Waals surface area contributed by atoms with Crippen molar-refractivity contribution in [3.05, 3.63) is 38.9 Å². The van der Waals surface area contributed by atoms with Crippen molar-refractivity contribution in [3.63, 3.8) is 0 Å². The highest BCUT2D eigenvalue weighted by Gasteiger charge is 2.24. The zero-order valence-corrected chi connectivity index (χ0v) is 10.8. The summed E-state index contributed by atoms with van der Waals surface area (Å²) in [4.78, 5) is 12.4. The third-order valence-electron chi connectivity index (χ3n) is 2.88. The molecule has 94 valence electrons. The van der Waals surface area contributed by atoms with Crippen molar-refractivity contribution < 1.29 is 4.92 Å². The summed E-state index contributed by atoms with van der Waals surface area (Å²) in [5, 5.41) is 11.4. The molecular formula is C11H16ClN3O2. The first-order valence-electron chi connectivity index (χ1n) is 5.20. The van der Waals surface area contributed by atoms with Crippen molar-refractivity contribution in [2.75, 3.05) is 14.1 Å². The third kappa shape index (κ3) is 3.15. The Labute approximate surface area is 105 Å². The van der Waals surface area contributed by atoms with Crippen LogP contribution >= 0.6 is 11.6 Å². The maximum absolute atomic E-state index is 10.9. The van der Waals surface area contributed by atoms with Crippen LogP contribution in [-0.2, 0) is 0 Å². The van der Waals surface area contributed by atoms with Gasteiger partial charge in [0.1, 0.15) is 0 Å². The van der Waals surface area contributed by atoms with E-state index in [0.29, 0.717) is 10.6 Å². The summed E-state index contributed by atoms with van der Waals surface area (Å²) in [6.07, 6.45) is 0. The minimum atomic E-state index is -0.455. The molecule has 0 spiro atoms. The van der Waals surface area contributed by atoms with Gasteiger partial charge in [-0.3, -0.25) is 10.1 Å². The average molecular weight is 258 g/mol. The largest absolute Gasteiger partial charge is 0.322 e. The van der Waals surface area contributed by atoms with Gasteiger partial charge in [-0.15, -0.1) is 0 Å². The Morgan fingerprint density at radius 1 is 1.47 bits per heavy atom. The number of likely N-dealkylation sites (N-methyl/N-ethyl adjacent to an activating group) is 1. The van der Waals surface area contributed by atoms with E-state index in [4.69, 9.17) is 17.3 Å². The molecule has 0 aliphatic carbocycles. The second-order valence-electron chi connectivity index (χ2n) is 4.19. The van der Waals surface area contributed by atoms with Crippen molar-refractivity contribution in [2.45, 2.75) is 19.0 Å². The van der Waals surface area contributed by atoms with Gasteiger partial charge in [0.2, 0.25) is 0 Å². The number of hydrogen-bond acceptors (Lipinski definition) is 4. The van der Waals surface area contributed by atoms with Crippen molar-refractivity contribution in [2.24, 2.45) is 5.73 Å². The van der Waals surface area contributed by atoms with Crippen LogP contribution in [0.15, 0.2) is 18.2 Å². The van der Waals surface area contributed by atoms with Crippen LogP contribution < -0.4 is 5.73 Å². The van der Waals surface area contributed by atoms with Crippen LogP contribution in [0.25, 0.3) is 0 Å². The molecule has 2 unspecified atom stereocenters. The molecule has 2 atom stereocenters. The van der Waals surface area contributed by atoms with Crippen LogP contribution in [0.1, 0.15) is 18.5 Å². The van der Waals surface area contributed by atoms with Crippen LogP contribution in [0.2, 0.25) is 5.02 Å². The smallest absolute Gasteiger partial charge is 0.274 e. The molecule has 5 nitrogen and oxygen atoms in total. The quantitative estimate of drug-likeness (QED) is 0.663. The molecule has 1 rings (SSSR count). The maximum Gasteiger partial charge on any atom is 0.274 e. The Kier molecular flexibility index (Phi) is 4.45. The molecule has 6 heteroatoms. The lowest BCUT2D eigenvalue weighted by Gasteiger charge is -2.26. The minimum absolute atomic E-state index is 0.00981. The van der Waals surface area contributed by atoms with E-state index in [1.807, 2.05) is 25.9 Å². The first kappa shape index (κ1) is 13.9. The van der Waals surface area contributed by atoms with Crippen molar-refractivity contribution in [3.8, 4) is 0 Å². The van der Waals surface area contributed by atoms with Gasteiger partial charge in [-0.25, -0.2) is 0 Å². The zero-order chi connectivity index (χ0) is 13.2. The van der Waals surface area contributed by atoms with E-state index in [1.54, 1.807) is 6.07 Å². The van der Waals surface area contributed by atoms with Crippen LogP contribution in [0.4, 0.5) is 5.69 Å². The molecule has 0 aromatic heterocycles. The van der Waals surface area contributed by atoms with Gasteiger partial charge in [0, 0.05) is 22.7 Å². The maximum atomic E-state index is 10.9. The molecule has 0 fully saturated rings. The second-order valence-corrected chi connectivity index (χ2v) is 4.63. The number of rotatable bonds is 4. The van der Waals surface area contributed by atoms with Gasteiger partial charge >= 0.3 is 0 Å². The summed E-state index contributed by atoms with van der Waals surface area (Å²) in [6.45, 7) is 1.91. The summed E-state index contributed by atoms with van der Waals surface area (Å²) >= 11 is 5.86. The van der Waals surface area contributed by atoms with E-state index in [-0.39, 0.29) is 11.7 Å². The Morgan fingerprint density at radius 2 is 2.06 bits per heavy atom. The number of nitro groups is 1. The molecular weight excluding hydrogens is 242 g/mol. The standard InChI is InChI=1S/C11H16ClN3O2/c1-7(14(2)3)11(13)9-6-8(12)4-5-10(9)15(16)17/h4-7,11H,13H2,1-3H3. The molecule has 17 heavy (non-hydrogen) atoms. The van der Waals surface area contributed by atoms with E-state index in [0.717, 1.165) is 0 Å². The highest BCUT2D eigenvalue weighted by molar-refractivity contribution is 6.30. The molecule has 2 N–H and O–H groups in total. The van der Waals surface area contributed by atoms with Crippen LogP contribution in [0.3, 0.4) is 0 Å². The first-order valence-corrected chi connectivity index (χ1v) is 5.58. The number of nitrogens with two attached hydrogens (primary N) is 1. The van der Waals surface area contributed by atoms with Crippen molar-refractivity contribution >= 4 is 17.3 Å². The number of nitro benzene ring substituents is 1. The fraction of sp³-hybridized carbons (Fsp3) is 0.455. The second kappa shape index (κ2) is 5.44. The van der Waals surface area contributed by atoms with Gasteiger partial charge in [0.25, 0.3) is 5.69 Å². The lowest BCUT2D eigenvalue weighted by molar-refractivity contribution is -0.385. The van der Waals surface area contributed by atoms with Gasteiger partial charge in [0.15, 0.2) is 0 Å².